The van der Waals surface area contributed by atoms with Crippen molar-refractivity contribution >= 4 is 27.7 Å². The molecule has 36 heavy (non-hydrogen) atoms. The molecule has 1 N–H and O–H groups in total. The number of nitrogens with one attached hydrogen (secondary N) is 1. The Bertz CT molecular complexity index is 1390. The minimum atomic E-state index is -3.76. The van der Waals surface area contributed by atoms with Crippen molar-refractivity contribution in [3.8, 4) is 11.1 Å². The molecule has 0 atom stereocenters. The number of amides is 1. The van der Waals surface area contributed by atoms with E-state index in [1.54, 1.807) is 30.8 Å². The van der Waals surface area contributed by atoms with Gasteiger partial charge in [0.25, 0.3) is 5.91 Å². The highest BCUT2D eigenvalue weighted by molar-refractivity contribution is 7.97. The Morgan fingerprint density at radius 3 is 2.11 bits per heavy atom. The lowest BCUT2D eigenvalue weighted by Gasteiger charge is -2.08. The van der Waals surface area contributed by atoms with Gasteiger partial charge in [0, 0.05) is 23.5 Å². The Kier molecular flexibility index (Phi) is 8.56. The van der Waals surface area contributed by atoms with E-state index in [1.807, 2.05) is 30.3 Å². The van der Waals surface area contributed by atoms with Crippen LogP contribution in [-0.2, 0) is 27.9 Å². The molecule has 1 amide bonds. The topological polar surface area (TPSA) is 102 Å². The molecule has 0 aliphatic rings. The fourth-order valence-electron chi connectivity index (χ4n) is 3.57. The number of aromatic nitrogens is 2. The summed E-state index contributed by atoms with van der Waals surface area (Å²) in [6.45, 7) is 1.69. The molecule has 1 heterocycles. The van der Waals surface area contributed by atoms with Crippen LogP contribution < -0.4 is 4.72 Å². The van der Waals surface area contributed by atoms with Crippen LogP contribution in [0, 0.1) is 6.92 Å². The Hall–Kier alpha value is -3.43. The number of carbonyl (C=O) groups excluding carboxylic acids is 1. The molecule has 0 saturated heterocycles. The summed E-state index contributed by atoms with van der Waals surface area (Å²) in [5.74, 6) is 1.70. The molecular weight excluding hydrogens is 494 g/mol. The van der Waals surface area contributed by atoms with E-state index in [2.05, 4.69) is 51.3 Å². The van der Waals surface area contributed by atoms with Crippen molar-refractivity contribution in [1.82, 2.24) is 14.9 Å². The number of rotatable bonds is 11. The van der Waals surface area contributed by atoms with Crippen LogP contribution in [0.1, 0.15) is 39.6 Å². The molecule has 186 valence electrons. The van der Waals surface area contributed by atoms with Gasteiger partial charge in [-0.2, -0.15) is 16.7 Å². The van der Waals surface area contributed by atoms with Gasteiger partial charge in [0.1, 0.15) is 0 Å². The number of thioether (sulfide) groups is 1. The molecule has 0 unspecified atom stereocenters. The molecule has 0 fully saturated rings. The smallest absolute Gasteiger partial charge is 0.264 e. The number of benzene rings is 3. The van der Waals surface area contributed by atoms with Crippen LogP contribution in [0.15, 0.2) is 83.4 Å². The summed E-state index contributed by atoms with van der Waals surface area (Å²) in [4.78, 5) is 16.4. The van der Waals surface area contributed by atoms with Crippen molar-refractivity contribution in [2.24, 2.45) is 0 Å². The summed E-state index contributed by atoms with van der Waals surface area (Å²) in [5, 5.41) is 3.67. The molecule has 0 aliphatic heterocycles. The van der Waals surface area contributed by atoms with Gasteiger partial charge >= 0.3 is 0 Å². The fourth-order valence-corrected chi connectivity index (χ4v) is 5.55. The standard InChI is InChI=1S/C27H27N3O4S2/c1-20-28-26(34-29-20)8-5-17-36(32,33)30-27(31)25-15-11-22(12-16-25)19-35-18-21-9-13-24(14-10-21)23-6-3-2-4-7-23/h2-4,6-7,9-16H,5,8,17-19H2,1H3,(H,30,31). The molecule has 0 aliphatic carbocycles. The first kappa shape index (κ1) is 25.7. The number of hydrogen-bond donors (Lipinski definition) is 1. The maximum absolute atomic E-state index is 12.4. The van der Waals surface area contributed by atoms with Crippen LogP contribution in [-0.4, -0.2) is 30.2 Å². The van der Waals surface area contributed by atoms with E-state index in [1.165, 1.54) is 16.7 Å². The summed E-state index contributed by atoms with van der Waals surface area (Å²) in [5.41, 5.74) is 5.01. The maximum atomic E-state index is 12.4. The summed E-state index contributed by atoms with van der Waals surface area (Å²) >= 11 is 1.78. The van der Waals surface area contributed by atoms with Crippen molar-refractivity contribution in [2.45, 2.75) is 31.3 Å². The van der Waals surface area contributed by atoms with Crippen LogP contribution in [0.25, 0.3) is 11.1 Å². The second kappa shape index (κ2) is 12.0. The molecule has 3 aromatic carbocycles. The molecule has 7 nitrogen and oxygen atoms in total. The van der Waals surface area contributed by atoms with Crippen molar-refractivity contribution in [3.05, 3.63) is 107 Å². The second-order valence-corrected chi connectivity index (χ2v) is 11.2. The van der Waals surface area contributed by atoms with Gasteiger partial charge in [-0.15, -0.1) is 0 Å². The zero-order valence-corrected chi connectivity index (χ0v) is 21.5. The molecule has 4 rings (SSSR count). The van der Waals surface area contributed by atoms with Crippen LogP contribution in [0.3, 0.4) is 0 Å². The zero-order valence-electron chi connectivity index (χ0n) is 19.9. The van der Waals surface area contributed by atoms with Crippen molar-refractivity contribution in [2.75, 3.05) is 5.75 Å². The molecule has 4 aromatic rings. The molecular formula is C27H27N3O4S2. The average molecular weight is 522 g/mol. The lowest BCUT2D eigenvalue weighted by molar-refractivity contribution is 0.0981. The van der Waals surface area contributed by atoms with Crippen molar-refractivity contribution in [1.29, 1.82) is 0 Å². The van der Waals surface area contributed by atoms with Gasteiger partial charge in [-0.05, 0) is 47.7 Å². The van der Waals surface area contributed by atoms with E-state index in [0.29, 0.717) is 23.7 Å². The lowest BCUT2D eigenvalue weighted by atomic mass is 10.0. The zero-order chi connectivity index (χ0) is 25.4. The summed E-state index contributed by atoms with van der Waals surface area (Å²) in [6.07, 6.45) is 0.606. The highest BCUT2D eigenvalue weighted by Crippen LogP contribution is 2.23. The summed E-state index contributed by atoms with van der Waals surface area (Å²) < 4.78 is 31.6. The van der Waals surface area contributed by atoms with Gasteiger partial charge in [0.2, 0.25) is 15.9 Å². The Morgan fingerprint density at radius 2 is 1.50 bits per heavy atom. The van der Waals surface area contributed by atoms with Crippen LogP contribution in [0.5, 0.6) is 0 Å². The third kappa shape index (κ3) is 7.53. The average Bonchev–Trinajstić information content (AvgIpc) is 3.30. The number of nitrogens with zero attached hydrogens (tertiary/aromatic N) is 2. The molecule has 0 bridgehead atoms. The molecule has 0 spiro atoms. The maximum Gasteiger partial charge on any atom is 0.264 e. The van der Waals surface area contributed by atoms with Crippen LogP contribution in [0.4, 0.5) is 0 Å². The SMILES string of the molecule is Cc1noc(CCCS(=O)(=O)NC(=O)c2ccc(CSCc3ccc(-c4ccccc4)cc3)cc2)n1. The Balaban J connectivity index is 1.21. The second-order valence-electron chi connectivity index (χ2n) is 8.34. The van der Waals surface area contributed by atoms with E-state index in [4.69, 9.17) is 4.52 Å². The minimum absolute atomic E-state index is 0.207. The Labute approximate surface area is 215 Å². The van der Waals surface area contributed by atoms with Crippen LogP contribution in [0.2, 0.25) is 0 Å². The lowest BCUT2D eigenvalue weighted by Crippen LogP contribution is -2.32. The number of aryl methyl sites for hydroxylation is 2. The third-order valence-electron chi connectivity index (χ3n) is 5.44. The van der Waals surface area contributed by atoms with Crippen molar-refractivity contribution in [3.63, 3.8) is 0 Å². The Morgan fingerprint density at radius 1 is 0.889 bits per heavy atom. The van der Waals surface area contributed by atoms with Gasteiger partial charge < -0.3 is 4.52 Å². The van der Waals surface area contributed by atoms with Gasteiger partial charge in [0.05, 0.1) is 5.75 Å². The largest absolute Gasteiger partial charge is 0.339 e. The van der Waals surface area contributed by atoms with Crippen LogP contribution >= 0.6 is 11.8 Å². The van der Waals surface area contributed by atoms with E-state index < -0.39 is 15.9 Å². The first-order valence-electron chi connectivity index (χ1n) is 11.5. The quantitative estimate of drug-likeness (QED) is 0.290. The van der Waals surface area contributed by atoms with E-state index >= 15 is 0 Å². The predicted octanol–water partition coefficient (Wildman–Crippen LogP) is 5.17. The number of sulfonamides is 1. The normalized spacial score (nSPS) is 11.4. The van der Waals surface area contributed by atoms with E-state index in [0.717, 1.165) is 17.1 Å². The summed E-state index contributed by atoms with van der Waals surface area (Å²) in [7, 11) is -3.76. The minimum Gasteiger partial charge on any atom is -0.339 e. The van der Waals surface area contributed by atoms with E-state index in [9.17, 15) is 13.2 Å². The third-order valence-corrected chi connectivity index (χ3v) is 7.83. The van der Waals surface area contributed by atoms with Crippen molar-refractivity contribution < 1.29 is 17.7 Å². The van der Waals surface area contributed by atoms with E-state index in [-0.39, 0.29) is 12.2 Å². The predicted molar refractivity (Wildman–Crippen MR) is 142 cm³/mol. The van der Waals surface area contributed by atoms with Gasteiger partial charge in [-0.3, -0.25) is 4.79 Å². The van der Waals surface area contributed by atoms with Gasteiger partial charge in [-0.25, -0.2) is 13.1 Å². The van der Waals surface area contributed by atoms with Gasteiger partial charge in [0.15, 0.2) is 5.82 Å². The first-order chi connectivity index (χ1) is 17.4. The van der Waals surface area contributed by atoms with Gasteiger partial charge in [-0.1, -0.05) is 71.9 Å². The molecule has 9 heteroatoms. The molecule has 0 saturated carbocycles. The highest BCUT2D eigenvalue weighted by Gasteiger charge is 2.16. The highest BCUT2D eigenvalue weighted by atomic mass is 32.2. The number of hydrogen-bond acceptors (Lipinski definition) is 7. The first-order valence-corrected chi connectivity index (χ1v) is 14.3. The summed E-state index contributed by atoms with van der Waals surface area (Å²) in [6, 6.07) is 25.8. The fraction of sp³-hybridized carbons (Fsp3) is 0.222. The molecule has 1 aromatic heterocycles. The monoisotopic (exact) mass is 521 g/mol. The number of carbonyl (C=O) groups is 1. The molecule has 0 radical (unpaired) electrons.